The Morgan fingerprint density at radius 3 is 2.50 bits per heavy atom. The van der Waals surface area contributed by atoms with Crippen molar-refractivity contribution in [1.82, 2.24) is 10.3 Å². The van der Waals surface area contributed by atoms with Crippen LogP contribution in [0.4, 0.5) is 0 Å². The van der Waals surface area contributed by atoms with Crippen molar-refractivity contribution in [3.63, 3.8) is 0 Å². The van der Waals surface area contributed by atoms with E-state index in [0.717, 1.165) is 16.1 Å². The average Bonchev–Trinajstić information content (AvgIpc) is 2.54. The Morgan fingerprint density at radius 1 is 1.38 bits per heavy atom. The van der Waals surface area contributed by atoms with Gasteiger partial charge in [0.05, 0.1) is 11.6 Å². The zero-order valence-corrected chi connectivity index (χ0v) is 18.7. The van der Waals surface area contributed by atoms with Crippen LogP contribution < -0.4 is 5.32 Å². The van der Waals surface area contributed by atoms with Crippen LogP contribution >= 0.6 is 12.2 Å². The van der Waals surface area contributed by atoms with Gasteiger partial charge in [-0.2, -0.15) is 0 Å². The Kier molecular flexibility index (Phi) is 6.74. The molecule has 0 aromatic carbocycles. The number of β-lactam (4-membered cyclic amide) rings is 1. The second kappa shape index (κ2) is 8.27. The van der Waals surface area contributed by atoms with Crippen LogP contribution in [0.25, 0.3) is 0 Å². The molecule has 1 amide bonds. The van der Waals surface area contributed by atoms with E-state index in [1.807, 2.05) is 25.3 Å². The van der Waals surface area contributed by atoms with E-state index in [1.165, 1.54) is 0 Å². The zero-order chi connectivity index (χ0) is 19.6. The van der Waals surface area contributed by atoms with E-state index >= 15 is 0 Å². The molecule has 6 heteroatoms. The molecule has 0 spiro atoms. The van der Waals surface area contributed by atoms with Gasteiger partial charge in [0.25, 0.3) is 0 Å². The third-order valence-corrected chi connectivity index (χ3v) is 6.54. The van der Waals surface area contributed by atoms with Gasteiger partial charge in [-0.15, -0.1) is 0 Å². The lowest BCUT2D eigenvalue weighted by molar-refractivity contribution is -0.143. The summed E-state index contributed by atoms with van der Waals surface area (Å²) in [7, 11) is -0.791. The first kappa shape index (κ1) is 21.2. The molecule has 1 aromatic rings. The molecule has 1 fully saturated rings. The summed E-state index contributed by atoms with van der Waals surface area (Å²) in [6, 6.07) is 4.03. The molecule has 1 saturated heterocycles. The van der Waals surface area contributed by atoms with Crippen molar-refractivity contribution in [2.45, 2.75) is 53.8 Å². The number of carbonyl (C=O) groups excluding carboxylic acids is 1. The standard InChI is InChI=1S/C20H31N2O2SSi/c1-12-8-9-15(21-10-12)18(25)13(2)17-16(19(23)22-17)14(20(3,4)5)11-24-26(6)7/h8-10,13-14,16-17H,11H2,1-7H3,(H,22,23)/t13-,14-,16+,17-/m1/s1. The summed E-state index contributed by atoms with van der Waals surface area (Å²) in [6.45, 7) is 15.5. The van der Waals surface area contributed by atoms with Gasteiger partial charge in [0.1, 0.15) is 0 Å². The molecule has 0 saturated carbocycles. The van der Waals surface area contributed by atoms with Crippen LogP contribution in [0.2, 0.25) is 13.1 Å². The number of hydrogen-bond acceptors (Lipinski definition) is 4. The zero-order valence-electron chi connectivity index (χ0n) is 16.9. The lowest BCUT2D eigenvalue weighted by Crippen LogP contribution is -2.66. The Bertz CT molecular complexity index is 655. The van der Waals surface area contributed by atoms with Crippen LogP contribution in [0.3, 0.4) is 0 Å². The Labute approximate surface area is 164 Å². The van der Waals surface area contributed by atoms with Crippen molar-refractivity contribution in [3.8, 4) is 0 Å². The number of nitrogens with zero attached hydrogens (tertiary/aromatic N) is 1. The van der Waals surface area contributed by atoms with Gasteiger partial charge in [0.2, 0.25) is 14.9 Å². The maximum absolute atomic E-state index is 12.5. The number of hydrogen-bond donors (Lipinski definition) is 1. The highest BCUT2D eigenvalue weighted by Crippen LogP contribution is 2.40. The van der Waals surface area contributed by atoms with Crippen LogP contribution in [0.5, 0.6) is 0 Å². The number of aryl methyl sites for hydroxylation is 1. The summed E-state index contributed by atoms with van der Waals surface area (Å²) in [6.07, 6.45) is 1.84. The van der Waals surface area contributed by atoms with Crippen LogP contribution in [-0.4, -0.2) is 37.4 Å². The highest BCUT2D eigenvalue weighted by Gasteiger charge is 2.51. The number of nitrogens with one attached hydrogen (secondary N) is 1. The Balaban J connectivity index is 2.18. The average molecular weight is 392 g/mol. The summed E-state index contributed by atoms with van der Waals surface area (Å²) in [4.78, 5) is 17.7. The van der Waals surface area contributed by atoms with Crippen molar-refractivity contribution in [2.75, 3.05) is 6.61 Å². The monoisotopic (exact) mass is 391 g/mol. The number of aromatic nitrogens is 1. The molecular weight excluding hydrogens is 360 g/mol. The molecule has 26 heavy (non-hydrogen) atoms. The molecule has 4 atom stereocenters. The third kappa shape index (κ3) is 4.78. The van der Waals surface area contributed by atoms with Crippen LogP contribution in [0.15, 0.2) is 18.3 Å². The lowest BCUT2D eigenvalue weighted by Gasteiger charge is -2.48. The molecule has 1 aliphatic rings. The van der Waals surface area contributed by atoms with E-state index in [1.54, 1.807) is 0 Å². The van der Waals surface area contributed by atoms with Crippen molar-refractivity contribution < 1.29 is 9.22 Å². The number of pyridine rings is 1. The van der Waals surface area contributed by atoms with E-state index in [0.29, 0.717) is 6.61 Å². The molecule has 4 nitrogen and oxygen atoms in total. The lowest BCUT2D eigenvalue weighted by atomic mass is 9.65. The van der Waals surface area contributed by atoms with Crippen molar-refractivity contribution >= 4 is 32.0 Å². The first-order chi connectivity index (χ1) is 12.0. The SMILES string of the molecule is Cc1ccc(C(=S)[C@H](C)[C@H]2NC(=O)[C@H]2[C@@H](CO[Si](C)C)C(C)(C)C)nc1. The van der Waals surface area contributed by atoms with Gasteiger partial charge >= 0.3 is 0 Å². The molecular formula is C20H31N2O2SSi. The third-order valence-electron chi connectivity index (χ3n) is 5.21. The molecule has 2 rings (SSSR count). The molecule has 1 aliphatic heterocycles. The molecule has 1 aromatic heterocycles. The fourth-order valence-corrected chi connectivity index (χ4v) is 4.23. The van der Waals surface area contributed by atoms with E-state index in [4.69, 9.17) is 16.6 Å². The number of rotatable bonds is 7. The fourth-order valence-electron chi connectivity index (χ4n) is 3.44. The first-order valence-corrected chi connectivity index (χ1v) is 12.0. The van der Waals surface area contributed by atoms with Crippen molar-refractivity contribution in [3.05, 3.63) is 29.6 Å². The normalized spacial score (nSPS) is 22.5. The summed E-state index contributed by atoms with van der Waals surface area (Å²) in [5, 5.41) is 3.09. The molecule has 0 aliphatic carbocycles. The maximum Gasteiger partial charge on any atom is 0.225 e. The minimum atomic E-state index is -0.791. The quantitative estimate of drug-likeness (QED) is 0.332. The van der Waals surface area contributed by atoms with Gasteiger partial charge < -0.3 is 9.74 Å². The summed E-state index contributed by atoms with van der Waals surface area (Å²) < 4.78 is 6.00. The van der Waals surface area contributed by atoms with E-state index in [2.05, 4.69) is 51.1 Å². The Hall–Kier alpha value is -1.11. The highest BCUT2D eigenvalue weighted by atomic mass is 32.1. The highest BCUT2D eigenvalue weighted by molar-refractivity contribution is 7.80. The fraction of sp³-hybridized carbons (Fsp3) is 0.650. The molecule has 143 valence electrons. The number of amides is 1. The van der Waals surface area contributed by atoms with E-state index in [9.17, 15) is 4.79 Å². The van der Waals surface area contributed by atoms with E-state index in [-0.39, 0.29) is 35.1 Å². The van der Waals surface area contributed by atoms with Gasteiger partial charge in [0, 0.05) is 29.6 Å². The molecule has 0 unspecified atom stereocenters. The number of thiocarbonyl (C=S) groups is 1. The minimum absolute atomic E-state index is 0.0125. The van der Waals surface area contributed by atoms with Crippen molar-refractivity contribution in [1.29, 1.82) is 0 Å². The summed E-state index contributed by atoms with van der Waals surface area (Å²) >= 11 is 5.70. The second-order valence-corrected chi connectivity index (χ2v) is 11.2. The van der Waals surface area contributed by atoms with Gasteiger partial charge in [0.15, 0.2) is 0 Å². The smallest absolute Gasteiger partial charge is 0.225 e. The summed E-state index contributed by atoms with van der Waals surface area (Å²) in [5.41, 5.74) is 1.93. The van der Waals surface area contributed by atoms with Crippen LogP contribution in [0.1, 0.15) is 39.0 Å². The van der Waals surface area contributed by atoms with Gasteiger partial charge in [-0.05, 0) is 43.0 Å². The van der Waals surface area contributed by atoms with Crippen LogP contribution in [0, 0.1) is 30.1 Å². The maximum atomic E-state index is 12.5. The number of carbonyl (C=O) groups is 1. The van der Waals surface area contributed by atoms with Gasteiger partial charge in [-0.25, -0.2) is 0 Å². The second-order valence-electron chi connectivity index (χ2n) is 8.63. The predicted octanol–water partition coefficient (Wildman–Crippen LogP) is 3.79. The topological polar surface area (TPSA) is 51.2 Å². The summed E-state index contributed by atoms with van der Waals surface area (Å²) in [5.74, 6) is 0.263. The molecule has 1 N–H and O–H groups in total. The predicted molar refractivity (Wildman–Crippen MR) is 112 cm³/mol. The largest absolute Gasteiger partial charge is 0.417 e. The first-order valence-electron chi connectivity index (χ1n) is 9.22. The Morgan fingerprint density at radius 2 is 2.04 bits per heavy atom. The minimum Gasteiger partial charge on any atom is -0.417 e. The van der Waals surface area contributed by atoms with Gasteiger partial charge in [-0.1, -0.05) is 46.0 Å². The molecule has 2 heterocycles. The molecule has 1 radical (unpaired) electrons. The van der Waals surface area contributed by atoms with Crippen molar-refractivity contribution in [2.24, 2.45) is 23.2 Å². The van der Waals surface area contributed by atoms with Crippen LogP contribution in [-0.2, 0) is 9.22 Å². The van der Waals surface area contributed by atoms with Gasteiger partial charge in [-0.3, -0.25) is 9.78 Å². The van der Waals surface area contributed by atoms with E-state index < -0.39 is 9.04 Å². The molecule has 0 bridgehead atoms.